The van der Waals surface area contributed by atoms with E-state index in [4.69, 9.17) is 0 Å². The van der Waals surface area contributed by atoms with Gasteiger partial charge in [0, 0.05) is 32.7 Å². The predicted octanol–water partition coefficient (Wildman–Crippen LogP) is 10.8. The number of fused-ring (bicyclic) bond motifs is 6. The van der Waals surface area contributed by atoms with Crippen molar-refractivity contribution >= 4 is 43.6 Å². The van der Waals surface area contributed by atoms with Gasteiger partial charge in [0.2, 0.25) is 0 Å². The molecule has 0 aliphatic heterocycles. The van der Waals surface area contributed by atoms with Gasteiger partial charge in [-0.2, -0.15) is 15.8 Å². The van der Waals surface area contributed by atoms with E-state index < -0.39 is 0 Å². The second kappa shape index (κ2) is 11.4. The molecule has 0 saturated carbocycles. The Morgan fingerprint density at radius 1 is 0.360 bits per heavy atom. The number of hydrogen-bond donors (Lipinski definition) is 0. The van der Waals surface area contributed by atoms with Gasteiger partial charge in [0.25, 0.3) is 0 Å². The lowest BCUT2D eigenvalue weighted by molar-refractivity contribution is 1.16. The lowest BCUT2D eigenvalue weighted by Gasteiger charge is -2.15. The summed E-state index contributed by atoms with van der Waals surface area (Å²) in [5, 5.41) is 34.7. The van der Waals surface area contributed by atoms with Crippen LogP contribution in [-0.4, -0.2) is 9.13 Å². The van der Waals surface area contributed by atoms with Crippen LogP contribution in [0.1, 0.15) is 16.7 Å². The van der Waals surface area contributed by atoms with Crippen LogP contribution in [0.3, 0.4) is 0 Å². The molecule has 0 radical (unpaired) electrons. The molecule has 230 valence electrons. The van der Waals surface area contributed by atoms with Crippen molar-refractivity contribution in [2.45, 2.75) is 0 Å². The molecule has 0 amide bonds. The molecule has 7 aromatic carbocycles. The molecule has 0 atom stereocenters. The Hall–Kier alpha value is -7.39. The summed E-state index contributed by atoms with van der Waals surface area (Å²) in [6.45, 7) is 0. The van der Waals surface area contributed by atoms with Crippen LogP contribution >= 0.6 is 0 Å². The standard InChI is InChI=1S/C45H25N5/c46-26-29-17-22-44-39(23-29)37-12-4-8-16-43(37)49(44)40-13-5-1-9-34(40)30-18-20-31(21-19-30)38-24-33(28-48)45(25-32(38)27-47)50-41-14-6-2-10-35(41)36-11-3-7-15-42(36)50/h1-25H. The lowest BCUT2D eigenvalue weighted by Crippen LogP contribution is -2.00. The van der Waals surface area contributed by atoms with Crippen molar-refractivity contribution in [3.8, 4) is 51.8 Å². The largest absolute Gasteiger partial charge is 0.309 e. The van der Waals surface area contributed by atoms with Crippen LogP contribution in [-0.2, 0) is 0 Å². The summed E-state index contributed by atoms with van der Waals surface area (Å²) in [7, 11) is 0. The highest BCUT2D eigenvalue weighted by atomic mass is 15.0. The van der Waals surface area contributed by atoms with E-state index in [-0.39, 0.29) is 0 Å². The average molecular weight is 636 g/mol. The summed E-state index contributed by atoms with van der Waals surface area (Å²) in [6, 6.07) is 57.7. The normalized spacial score (nSPS) is 11.1. The van der Waals surface area contributed by atoms with Gasteiger partial charge in [-0.1, -0.05) is 97.1 Å². The van der Waals surface area contributed by atoms with Crippen LogP contribution in [0.2, 0.25) is 0 Å². The Morgan fingerprint density at radius 3 is 1.46 bits per heavy atom. The van der Waals surface area contributed by atoms with Gasteiger partial charge in [0.1, 0.15) is 6.07 Å². The van der Waals surface area contributed by atoms with Gasteiger partial charge in [-0.05, 0) is 65.7 Å². The zero-order chi connectivity index (χ0) is 33.8. The number of benzene rings is 7. The van der Waals surface area contributed by atoms with E-state index in [1.807, 2.05) is 91.0 Å². The second-order valence-corrected chi connectivity index (χ2v) is 12.3. The number of para-hydroxylation sites is 4. The van der Waals surface area contributed by atoms with E-state index in [1.54, 1.807) is 0 Å². The van der Waals surface area contributed by atoms with Crippen LogP contribution < -0.4 is 0 Å². The molecular formula is C45H25N5. The summed E-state index contributed by atoms with van der Waals surface area (Å²) >= 11 is 0. The maximum Gasteiger partial charge on any atom is 0.101 e. The highest BCUT2D eigenvalue weighted by Gasteiger charge is 2.19. The molecule has 5 heteroatoms. The van der Waals surface area contributed by atoms with Crippen molar-refractivity contribution in [3.63, 3.8) is 0 Å². The molecular weight excluding hydrogens is 611 g/mol. The van der Waals surface area contributed by atoms with Crippen molar-refractivity contribution in [1.82, 2.24) is 9.13 Å². The third-order valence-electron chi connectivity index (χ3n) is 9.65. The topological polar surface area (TPSA) is 81.2 Å². The average Bonchev–Trinajstić information content (AvgIpc) is 3.70. The van der Waals surface area contributed by atoms with E-state index in [0.717, 1.165) is 66.0 Å². The molecule has 50 heavy (non-hydrogen) atoms. The fourth-order valence-corrected chi connectivity index (χ4v) is 7.42. The van der Waals surface area contributed by atoms with E-state index in [9.17, 15) is 15.8 Å². The fraction of sp³-hybridized carbons (Fsp3) is 0. The first-order chi connectivity index (χ1) is 24.7. The molecule has 0 fully saturated rings. The fourth-order valence-electron chi connectivity index (χ4n) is 7.42. The minimum atomic E-state index is 0.492. The van der Waals surface area contributed by atoms with E-state index in [2.05, 4.69) is 88.0 Å². The molecule has 5 nitrogen and oxygen atoms in total. The minimum Gasteiger partial charge on any atom is -0.309 e. The van der Waals surface area contributed by atoms with E-state index >= 15 is 0 Å². The minimum absolute atomic E-state index is 0.492. The van der Waals surface area contributed by atoms with Gasteiger partial charge >= 0.3 is 0 Å². The first-order valence-electron chi connectivity index (χ1n) is 16.3. The molecule has 9 aromatic rings. The van der Waals surface area contributed by atoms with Gasteiger partial charge < -0.3 is 9.13 Å². The molecule has 0 aliphatic carbocycles. The third-order valence-corrected chi connectivity index (χ3v) is 9.65. The van der Waals surface area contributed by atoms with Gasteiger partial charge in [-0.3, -0.25) is 0 Å². The van der Waals surface area contributed by atoms with Crippen molar-refractivity contribution in [3.05, 3.63) is 168 Å². The van der Waals surface area contributed by atoms with Crippen LogP contribution in [0.25, 0.3) is 77.2 Å². The quantitative estimate of drug-likeness (QED) is 0.193. The highest BCUT2D eigenvalue weighted by molar-refractivity contribution is 6.11. The van der Waals surface area contributed by atoms with Crippen LogP contribution in [0.5, 0.6) is 0 Å². The molecule has 9 rings (SSSR count). The zero-order valence-corrected chi connectivity index (χ0v) is 26.7. The number of aromatic nitrogens is 2. The summed E-state index contributed by atoms with van der Waals surface area (Å²) in [5.74, 6) is 0. The van der Waals surface area contributed by atoms with Gasteiger partial charge in [-0.25, -0.2) is 0 Å². The number of rotatable bonds is 4. The smallest absolute Gasteiger partial charge is 0.101 e. The Bertz CT molecular complexity index is 2900. The van der Waals surface area contributed by atoms with Crippen LogP contribution in [0.4, 0.5) is 0 Å². The summed E-state index contributed by atoms with van der Waals surface area (Å²) in [6.07, 6.45) is 0. The highest BCUT2D eigenvalue weighted by Crippen LogP contribution is 2.39. The number of nitriles is 3. The van der Waals surface area contributed by atoms with Crippen LogP contribution in [0, 0.1) is 34.0 Å². The second-order valence-electron chi connectivity index (χ2n) is 12.3. The molecule has 2 heterocycles. The first-order valence-corrected chi connectivity index (χ1v) is 16.3. The van der Waals surface area contributed by atoms with E-state index in [1.165, 1.54) is 0 Å². The Kier molecular flexibility index (Phi) is 6.56. The molecule has 0 bridgehead atoms. The van der Waals surface area contributed by atoms with Crippen molar-refractivity contribution in [1.29, 1.82) is 15.8 Å². The molecule has 0 saturated heterocycles. The lowest BCUT2D eigenvalue weighted by atomic mass is 9.94. The van der Waals surface area contributed by atoms with Crippen molar-refractivity contribution in [2.75, 3.05) is 0 Å². The van der Waals surface area contributed by atoms with Crippen molar-refractivity contribution < 1.29 is 0 Å². The molecule has 0 unspecified atom stereocenters. The number of hydrogen-bond acceptors (Lipinski definition) is 3. The Morgan fingerprint density at radius 2 is 0.860 bits per heavy atom. The SMILES string of the molecule is N#Cc1ccc2c(c1)c1ccccc1n2-c1ccccc1-c1ccc(-c2cc(C#N)c(-n3c4ccccc4c4ccccc43)cc2C#N)cc1. The van der Waals surface area contributed by atoms with Gasteiger partial charge in [0.05, 0.1) is 62.3 Å². The van der Waals surface area contributed by atoms with Gasteiger partial charge in [-0.15, -0.1) is 0 Å². The molecule has 2 aromatic heterocycles. The number of nitrogens with zero attached hydrogens (tertiary/aromatic N) is 5. The zero-order valence-electron chi connectivity index (χ0n) is 26.7. The summed E-state index contributed by atoms with van der Waals surface area (Å²) < 4.78 is 4.35. The van der Waals surface area contributed by atoms with Gasteiger partial charge in [0.15, 0.2) is 0 Å². The Labute approximate surface area is 287 Å². The Balaban J connectivity index is 1.17. The first kappa shape index (κ1) is 28.8. The molecule has 0 spiro atoms. The maximum absolute atomic E-state index is 10.4. The van der Waals surface area contributed by atoms with Crippen molar-refractivity contribution in [2.24, 2.45) is 0 Å². The monoisotopic (exact) mass is 635 g/mol. The predicted molar refractivity (Wildman–Crippen MR) is 200 cm³/mol. The maximum atomic E-state index is 10.4. The van der Waals surface area contributed by atoms with E-state index in [0.29, 0.717) is 27.9 Å². The third kappa shape index (κ3) is 4.31. The summed E-state index contributed by atoms with van der Waals surface area (Å²) in [4.78, 5) is 0. The molecule has 0 N–H and O–H groups in total. The molecule has 0 aliphatic rings. The van der Waals surface area contributed by atoms with Crippen LogP contribution in [0.15, 0.2) is 152 Å². The summed E-state index contributed by atoms with van der Waals surface area (Å²) in [5.41, 5.74) is 11.0.